The Morgan fingerprint density at radius 1 is 1.21 bits per heavy atom. The van der Waals surface area contributed by atoms with E-state index in [2.05, 4.69) is 25.4 Å². The molecule has 0 spiro atoms. The van der Waals surface area contributed by atoms with E-state index < -0.39 is 18.3 Å². The first-order valence-corrected chi connectivity index (χ1v) is 10.4. The maximum Gasteiger partial charge on any atom is 0.293 e. The average Bonchev–Trinajstić information content (AvgIpc) is 3.43. The Hall–Kier alpha value is -4.44. The summed E-state index contributed by atoms with van der Waals surface area (Å²) in [4.78, 5) is 25.4. The average molecular weight is 458 g/mol. The van der Waals surface area contributed by atoms with Gasteiger partial charge in [-0.25, -0.2) is 19.0 Å². The van der Waals surface area contributed by atoms with Gasteiger partial charge in [-0.15, -0.1) is 5.10 Å². The van der Waals surface area contributed by atoms with Crippen LogP contribution >= 0.6 is 0 Å². The van der Waals surface area contributed by atoms with Gasteiger partial charge in [0.2, 0.25) is 11.7 Å². The van der Waals surface area contributed by atoms with Crippen molar-refractivity contribution in [1.29, 1.82) is 0 Å². The number of amides is 1. The van der Waals surface area contributed by atoms with Crippen LogP contribution in [0.25, 0.3) is 28.0 Å². The first-order valence-electron chi connectivity index (χ1n) is 10.4. The van der Waals surface area contributed by atoms with Crippen molar-refractivity contribution in [3.05, 3.63) is 83.7 Å². The number of hydrogen-bond donors (Lipinski definition) is 2. The molecule has 0 radical (unpaired) electrons. The van der Waals surface area contributed by atoms with Gasteiger partial charge >= 0.3 is 0 Å². The number of hydrogen-bond acceptors (Lipinski definition) is 7. The molecule has 0 saturated heterocycles. The van der Waals surface area contributed by atoms with Crippen molar-refractivity contribution in [3.63, 3.8) is 0 Å². The van der Waals surface area contributed by atoms with E-state index in [0.29, 0.717) is 22.4 Å². The van der Waals surface area contributed by atoms with Crippen LogP contribution in [0.5, 0.6) is 0 Å². The van der Waals surface area contributed by atoms with Gasteiger partial charge in [-0.2, -0.15) is 0 Å². The van der Waals surface area contributed by atoms with E-state index in [0.717, 1.165) is 16.8 Å². The quantitative estimate of drug-likeness (QED) is 0.409. The Labute approximate surface area is 192 Å². The zero-order valence-electron chi connectivity index (χ0n) is 18.3. The molecule has 1 amide bonds. The number of fused-ring (bicyclic) bond motifs is 1. The van der Waals surface area contributed by atoms with E-state index in [1.54, 1.807) is 25.5 Å². The summed E-state index contributed by atoms with van der Waals surface area (Å²) in [5, 5.41) is 16.9. The minimum Gasteiger partial charge on any atom is -0.433 e. The van der Waals surface area contributed by atoms with Crippen molar-refractivity contribution in [2.75, 3.05) is 5.32 Å². The summed E-state index contributed by atoms with van der Waals surface area (Å²) in [6, 6.07) is 9.86. The third-order valence-corrected chi connectivity index (χ3v) is 5.28. The maximum atomic E-state index is 14.7. The molecule has 1 aromatic carbocycles. The molecule has 34 heavy (non-hydrogen) atoms. The molecule has 5 rings (SSSR count). The molecule has 10 heteroatoms. The van der Waals surface area contributed by atoms with E-state index in [1.165, 1.54) is 22.9 Å². The van der Waals surface area contributed by atoms with Crippen molar-refractivity contribution in [2.24, 2.45) is 0 Å². The van der Waals surface area contributed by atoms with Crippen LogP contribution in [0.4, 0.5) is 10.1 Å². The number of aliphatic hydroxyl groups excluding tert-OH is 1. The second kappa shape index (κ2) is 8.49. The van der Waals surface area contributed by atoms with Crippen LogP contribution in [0.3, 0.4) is 0 Å². The van der Waals surface area contributed by atoms with Crippen molar-refractivity contribution in [1.82, 2.24) is 24.7 Å². The number of nitrogens with zero attached hydrogens (tertiary/aromatic N) is 5. The molecule has 4 heterocycles. The summed E-state index contributed by atoms with van der Waals surface area (Å²) in [5.74, 6) is -1.07. The Bertz CT molecular complexity index is 1540. The van der Waals surface area contributed by atoms with Crippen LogP contribution in [-0.2, 0) is 6.61 Å². The Morgan fingerprint density at radius 2 is 2.06 bits per heavy atom. The highest BCUT2D eigenvalue weighted by molar-refractivity contribution is 6.03. The first kappa shape index (κ1) is 21.4. The fourth-order valence-corrected chi connectivity index (χ4v) is 3.64. The van der Waals surface area contributed by atoms with Gasteiger partial charge in [0.15, 0.2) is 5.65 Å². The zero-order valence-corrected chi connectivity index (χ0v) is 18.3. The van der Waals surface area contributed by atoms with Gasteiger partial charge in [-0.3, -0.25) is 9.78 Å². The number of carbonyl (C=O) groups is 1. The Kier molecular flexibility index (Phi) is 5.34. The molecule has 0 bridgehead atoms. The molecule has 4 aromatic heterocycles. The molecule has 0 aliphatic rings. The van der Waals surface area contributed by atoms with Gasteiger partial charge in [0, 0.05) is 35.2 Å². The zero-order chi connectivity index (χ0) is 23.8. The summed E-state index contributed by atoms with van der Waals surface area (Å²) in [6.07, 6.45) is 5.07. The lowest BCUT2D eigenvalue weighted by Crippen LogP contribution is -2.13. The minimum absolute atomic E-state index is 0.0266. The van der Waals surface area contributed by atoms with E-state index >= 15 is 0 Å². The molecule has 0 fully saturated rings. The van der Waals surface area contributed by atoms with Crippen molar-refractivity contribution >= 4 is 22.6 Å². The molecule has 9 nitrogen and oxygen atoms in total. The van der Waals surface area contributed by atoms with Gasteiger partial charge in [-0.05, 0) is 49.7 Å². The van der Waals surface area contributed by atoms with Gasteiger partial charge in [0.05, 0.1) is 11.4 Å². The number of pyridine rings is 2. The number of rotatable bonds is 5. The third kappa shape index (κ3) is 3.90. The molecule has 170 valence electrons. The molecule has 0 unspecified atom stereocenters. The number of oxazole rings is 1. The third-order valence-electron chi connectivity index (χ3n) is 5.28. The predicted octanol–water partition coefficient (Wildman–Crippen LogP) is 3.97. The van der Waals surface area contributed by atoms with Crippen LogP contribution in [0.15, 0.2) is 59.4 Å². The van der Waals surface area contributed by atoms with E-state index in [-0.39, 0.29) is 17.3 Å². The lowest BCUT2D eigenvalue weighted by atomic mass is 10.1. The number of aryl methyl sites for hydroxylation is 2. The highest BCUT2D eigenvalue weighted by Gasteiger charge is 2.18. The number of benzene rings is 1. The lowest BCUT2D eigenvalue weighted by molar-refractivity contribution is 0.0991. The fourth-order valence-electron chi connectivity index (χ4n) is 3.64. The smallest absolute Gasteiger partial charge is 0.293 e. The molecule has 0 saturated carbocycles. The second-order valence-electron chi connectivity index (χ2n) is 7.68. The van der Waals surface area contributed by atoms with Crippen LogP contribution in [0.1, 0.15) is 27.7 Å². The maximum absolute atomic E-state index is 14.7. The van der Waals surface area contributed by atoms with Crippen LogP contribution in [-0.4, -0.2) is 35.7 Å². The molecular formula is C24H19FN6O3. The van der Waals surface area contributed by atoms with E-state index in [9.17, 15) is 9.18 Å². The number of aromatic nitrogens is 5. The van der Waals surface area contributed by atoms with Crippen molar-refractivity contribution in [3.8, 4) is 16.9 Å². The first-order chi connectivity index (χ1) is 16.4. The standard InChI is InChI=1S/C24H19FN6O3/c1-13-4-3-7-26-21(13)15-8-16-11-31(30-23(16)27-10-15)19-9-17(5-6-18(19)25)29-24(33)22-14(2)28-20(12-32)34-22/h3-11,32H,12H2,1-2H3,(H,29,33). The molecule has 2 N–H and O–H groups in total. The summed E-state index contributed by atoms with van der Waals surface area (Å²) in [5.41, 5.74) is 3.91. The van der Waals surface area contributed by atoms with Crippen LogP contribution < -0.4 is 5.32 Å². The largest absolute Gasteiger partial charge is 0.433 e. The molecule has 0 atom stereocenters. The van der Waals surface area contributed by atoms with Crippen LogP contribution in [0.2, 0.25) is 0 Å². The number of halogens is 1. The van der Waals surface area contributed by atoms with Gasteiger partial charge in [-0.1, -0.05) is 6.07 Å². The topological polar surface area (TPSA) is 119 Å². The summed E-state index contributed by atoms with van der Waals surface area (Å²) >= 11 is 0. The summed E-state index contributed by atoms with van der Waals surface area (Å²) in [6.45, 7) is 3.14. The number of anilines is 1. The minimum atomic E-state index is -0.565. The summed E-state index contributed by atoms with van der Waals surface area (Å²) < 4.78 is 21.3. The van der Waals surface area contributed by atoms with Gasteiger partial charge < -0.3 is 14.8 Å². The van der Waals surface area contributed by atoms with Gasteiger partial charge in [0.1, 0.15) is 18.1 Å². The molecular weight excluding hydrogens is 439 g/mol. The van der Waals surface area contributed by atoms with Gasteiger partial charge in [0.25, 0.3) is 5.91 Å². The SMILES string of the molecule is Cc1cccnc1-c1cnc2nn(-c3cc(NC(=O)c4oc(CO)nc4C)ccc3F)cc2c1. The highest BCUT2D eigenvalue weighted by atomic mass is 19.1. The normalized spacial score (nSPS) is 11.2. The second-order valence-corrected chi connectivity index (χ2v) is 7.68. The lowest BCUT2D eigenvalue weighted by Gasteiger charge is -2.08. The van der Waals surface area contributed by atoms with Crippen molar-refractivity contribution in [2.45, 2.75) is 20.5 Å². The number of aliphatic hydroxyl groups is 1. The van der Waals surface area contributed by atoms with Crippen molar-refractivity contribution < 1.29 is 18.7 Å². The molecule has 0 aliphatic heterocycles. The number of nitrogens with one attached hydrogen (secondary N) is 1. The van der Waals surface area contributed by atoms with E-state index in [1.807, 2.05) is 25.1 Å². The summed E-state index contributed by atoms with van der Waals surface area (Å²) in [7, 11) is 0. The Balaban J connectivity index is 1.47. The fraction of sp³-hybridized carbons (Fsp3) is 0.125. The number of carbonyl (C=O) groups excluding carboxylic acids is 1. The monoisotopic (exact) mass is 458 g/mol. The predicted molar refractivity (Wildman–Crippen MR) is 122 cm³/mol. The Morgan fingerprint density at radius 3 is 2.82 bits per heavy atom. The highest BCUT2D eigenvalue weighted by Crippen LogP contribution is 2.25. The van der Waals surface area contributed by atoms with Crippen LogP contribution in [0, 0.1) is 19.7 Å². The molecule has 0 aliphatic carbocycles. The van der Waals surface area contributed by atoms with E-state index in [4.69, 9.17) is 9.52 Å². The molecule has 5 aromatic rings.